The van der Waals surface area contributed by atoms with Crippen LogP contribution in [0.1, 0.15) is 50.9 Å². The summed E-state index contributed by atoms with van der Waals surface area (Å²) in [5.41, 5.74) is 3.91. The maximum atomic E-state index is 9.44. The van der Waals surface area contributed by atoms with E-state index in [1.165, 1.54) is 18.5 Å². The first kappa shape index (κ1) is 16.0. The molecule has 0 saturated carbocycles. The molecule has 1 fully saturated rings. The summed E-state index contributed by atoms with van der Waals surface area (Å²) in [6.07, 6.45) is 2.53. The summed E-state index contributed by atoms with van der Waals surface area (Å²) in [7, 11) is 0. The summed E-state index contributed by atoms with van der Waals surface area (Å²) in [5, 5.41) is 17.8. The second-order valence-electron chi connectivity index (χ2n) is 6.83. The molecule has 0 atom stereocenters. The van der Waals surface area contributed by atoms with Crippen LogP contribution in [0.25, 0.3) is 5.69 Å². The zero-order valence-electron chi connectivity index (χ0n) is 14.2. The highest BCUT2D eigenvalue weighted by molar-refractivity contribution is 5.51. The molecule has 1 aromatic carbocycles. The topological polar surface area (TPSA) is 54.2 Å². The molecule has 0 amide bonds. The van der Waals surface area contributed by atoms with Gasteiger partial charge in [0, 0.05) is 18.8 Å². The first-order valence-corrected chi connectivity index (χ1v) is 8.51. The Morgan fingerprint density at radius 2 is 1.74 bits per heavy atom. The molecule has 1 aliphatic rings. The highest BCUT2D eigenvalue weighted by Crippen LogP contribution is 2.26. The molecule has 5 heteroatoms. The number of hydrogen-bond donors (Lipinski definition) is 1. The lowest BCUT2D eigenvalue weighted by molar-refractivity contribution is 0.275. The maximum absolute atomic E-state index is 9.44. The molecule has 0 unspecified atom stereocenters. The Morgan fingerprint density at radius 1 is 1.13 bits per heavy atom. The van der Waals surface area contributed by atoms with Crippen molar-refractivity contribution in [3.63, 3.8) is 0 Å². The van der Waals surface area contributed by atoms with Crippen molar-refractivity contribution in [2.75, 3.05) is 18.0 Å². The van der Waals surface area contributed by atoms with Crippen LogP contribution in [-0.2, 0) is 6.61 Å². The van der Waals surface area contributed by atoms with Crippen LogP contribution in [0.3, 0.4) is 0 Å². The van der Waals surface area contributed by atoms with Crippen molar-refractivity contribution in [2.24, 2.45) is 5.92 Å². The Kier molecular flexibility index (Phi) is 4.66. The molecule has 1 saturated heterocycles. The third-order valence-electron chi connectivity index (χ3n) is 4.72. The monoisotopic (exact) mass is 314 g/mol. The first-order valence-electron chi connectivity index (χ1n) is 8.51. The van der Waals surface area contributed by atoms with Gasteiger partial charge in [-0.3, -0.25) is 0 Å². The van der Waals surface area contributed by atoms with Crippen molar-refractivity contribution in [3.8, 4) is 5.69 Å². The summed E-state index contributed by atoms with van der Waals surface area (Å²) >= 11 is 0. The number of anilines is 1. The zero-order valence-corrected chi connectivity index (χ0v) is 14.2. The van der Waals surface area contributed by atoms with Gasteiger partial charge in [-0.15, -0.1) is 5.10 Å². The van der Waals surface area contributed by atoms with Gasteiger partial charge in [0.2, 0.25) is 0 Å². The van der Waals surface area contributed by atoms with Crippen LogP contribution in [0.4, 0.5) is 5.69 Å². The number of aromatic nitrogens is 3. The number of aliphatic hydroxyl groups excluding tert-OH is 1. The number of piperidine rings is 1. The largest absolute Gasteiger partial charge is 0.390 e. The molecular formula is C18H26N4O. The van der Waals surface area contributed by atoms with Crippen molar-refractivity contribution >= 4 is 5.69 Å². The van der Waals surface area contributed by atoms with Crippen molar-refractivity contribution in [1.29, 1.82) is 0 Å². The van der Waals surface area contributed by atoms with Gasteiger partial charge in [0.15, 0.2) is 0 Å². The second kappa shape index (κ2) is 6.71. The van der Waals surface area contributed by atoms with Gasteiger partial charge in [-0.05, 0) is 48.9 Å². The van der Waals surface area contributed by atoms with Crippen LogP contribution in [-0.4, -0.2) is 33.2 Å². The van der Waals surface area contributed by atoms with E-state index in [0.717, 1.165) is 30.4 Å². The lowest BCUT2D eigenvalue weighted by Crippen LogP contribution is -2.32. The number of benzene rings is 1. The van der Waals surface area contributed by atoms with Gasteiger partial charge in [0.1, 0.15) is 5.69 Å². The number of rotatable bonds is 4. The van der Waals surface area contributed by atoms with Crippen LogP contribution in [0, 0.1) is 5.92 Å². The Bertz CT molecular complexity index is 640. The van der Waals surface area contributed by atoms with Crippen molar-refractivity contribution in [3.05, 3.63) is 35.7 Å². The smallest absolute Gasteiger partial charge is 0.112 e. The molecule has 2 aromatic rings. The minimum atomic E-state index is -0.0719. The molecule has 1 aliphatic heterocycles. The van der Waals surface area contributed by atoms with Gasteiger partial charge in [0.05, 0.1) is 18.0 Å². The van der Waals surface area contributed by atoms with E-state index >= 15 is 0 Å². The summed E-state index contributed by atoms with van der Waals surface area (Å²) < 4.78 is 1.85. The fraction of sp³-hybridized carbons (Fsp3) is 0.556. The van der Waals surface area contributed by atoms with Gasteiger partial charge in [-0.25, -0.2) is 4.68 Å². The molecule has 0 aliphatic carbocycles. The predicted octanol–water partition coefficient (Wildman–Crippen LogP) is 3.12. The molecular weight excluding hydrogens is 288 g/mol. The zero-order chi connectivity index (χ0) is 16.4. The van der Waals surface area contributed by atoms with Crippen LogP contribution in [0.15, 0.2) is 24.3 Å². The summed E-state index contributed by atoms with van der Waals surface area (Å²) in [4.78, 5) is 2.45. The summed E-state index contributed by atoms with van der Waals surface area (Å²) in [5.74, 6) is 1.10. The van der Waals surface area contributed by atoms with E-state index in [9.17, 15) is 5.11 Å². The quantitative estimate of drug-likeness (QED) is 0.942. The van der Waals surface area contributed by atoms with Crippen molar-refractivity contribution in [2.45, 2.75) is 46.1 Å². The van der Waals surface area contributed by atoms with Crippen LogP contribution in [0.2, 0.25) is 0 Å². The molecule has 1 N–H and O–H groups in total. The highest BCUT2D eigenvalue weighted by atomic mass is 16.3. The third kappa shape index (κ3) is 3.24. The SMILES string of the molecule is CC1CCN(c2ccc(-n3nnc(CO)c3C(C)C)cc2)CC1. The van der Waals surface area contributed by atoms with E-state index in [4.69, 9.17) is 0 Å². The lowest BCUT2D eigenvalue weighted by Gasteiger charge is -2.32. The molecule has 2 heterocycles. The van der Waals surface area contributed by atoms with Crippen molar-refractivity contribution < 1.29 is 5.11 Å². The maximum Gasteiger partial charge on any atom is 0.112 e. The van der Waals surface area contributed by atoms with Gasteiger partial charge < -0.3 is 10.0 Å². The molecule has 1 aromatic heterocycles. The average molecular weight is 314 g/mol. The van der Waals surface area contributed by atoms with Crippen LogP contribution < -0.4 is 4.90 Å². The first-order chi connectivity index (χ1) is 11.1. The fourth-order valence-electron chi connectivity index (χ4n) is 3.27. The molecule has 3 rings (SSSR count). The number of aliphatic hydroxyl groups is 1. The lowest BCUT2D eigenvalue weighted by atomic mass is 9.99. The highest BCUT2D eigenvalue weighted by Gasteiger charge is 2.18. The fourth-order valence-corrected chi connectivity index (χ4v) is 3.27. The average Bonchev–Trinajstić information content (AvgIpc) is 3.00. The Hall–Kier alpha value is -1.88. The summed E-state index contributed by atoms with van der Waals surface area (Å²) in [6, 6.07) is 8.51. The summed E-state index contributed by atoms with van der Waals surface area (Å²) in [6.45, 7) is 8.72. The Labute approximate surface area is 137 Å². The number of hydrogen-bond acceptors (Lipinski definition) is 4. The van der Waals surface area contributed by atoms with Gasteiger partial charge in [-0.2, -0.15) is 0 Å². The second-order valence-corrected chi connectivity index (χ2v) is 6.83. The Balaban J connectivity index is 1.84. The van der Waals surface area contributed by atoms with Gasteiger partial charge >= 0.3 is 0 Å². The normalized spacial score (nSPS) is 16.3. The standard InChI is InChI=1S/C18H26N4O/c1-13(2)18-17(12-23)19-20-22(18)16-6-4-15(5-7-16)21-10-8-14(3)9-11-21/h4-7,13-14,23H,8-12H2,1-3H3. The van der Waals surface area contributed by atoms with E-state index in [2.05, 4.69) is 60.2 Å². The number of nitrogens with zero attached hydrogens (tertiary/aromatic N) is 4. The molecule has 0 spiro atoms. The van der Waals surface area contributed by atoms with E-state index < -0.39 is 0 Å². The van der Waals surface area contributed by atoms with Crippen molar-refractivity contribution in [1.82, 2.24) is 15.0 Å². The van der Waals surface area contributed by atoms with Gasteiger partial charge in [-0.1, -0.05) is 26.0 Å². The van der Waals surface area contributed by atoms with E-state index in [-0.39, 0.29) is 12.5 Å². The molecule has 124 valence electrons. The van der Waals surface area contributed by atoms with Crippen LogP contribution in [0.5, 0.6) is 0 Å². The van der Waals surface area contributed by atoms with Gasteiger partial charge in [0.25, 0.3) is 0 Å². The molecule has 23 heavy (non-hydrogen) atoms. The van der Waals surface area contributed by atoms with E-state index in [0.29, 0.717) is 5.69 Å². The Morgan fingerprint density at radius 3 is 2.30 bits per heavy atom. The molecule has 0 bridgehead atoms. The molecule has 5 nitrogen and oxygen atoms in total. The predicted molar refractivity (Wildman–Crippen MR) is 92.0 cm³/mol. The van der Waals surface area contributed by atoms with Crippen LogP contribution >= 0.6 is 0 Å². The third-order valence-corrected chi connectivity index (χ3v) is 4.72. The minimum Gasteiger partial charge on any atom is -0.390 e. The molecule has 0 radical (unpaired) electrons. The minimum absolute atomic E-state index is 0.0719. The van der Waals surface area contributed by atoms with E-state index in [1.807, 2.05) is 4.68 Å². The van der Waals surface area contributed by atoms with E-state index in [1.54, 1.807) is 0 Å².